The van der Waals surface area contributed by atoms with Crippen LogP contribution in [0, 0.1) is 0 Å². The van der Waals surface area contributed by atoms with Crippen molar-refractivity contribution in [1.82, 2.24) is 10.1 Å². The number of hydrogen-bond acceptors (Lipinski definition) is 4. The van der Waals surface area contributed by atoms with Crippen LogP contribution in [0.15, 0.2) is 9.32 Å². The predicted molar refractivity (Wildman–Crippen MR) is 37.3 cm³/mol. The Bertz CT molecular complexity index is 252. The fourth-order valence-electron chi connectivity index (χ4n) is 0.736. The van der Waals surface area contributed by atoms with E-state index in [1.807, 2.05) is 0 Å². The Hall–Kier alpha value is -1.10. The molecule has 1 heterocycles. The summed E-state index contributed by atoms with van der Waals surface area (Å²) in [6.45, 7) is 0.649. The van der Waals surface area contributed by atoms with Gasteiger partial charge < -0.3 is 9.26 Å². The van der Waals surface area contributed by atoms with E-state index in [-0.39, 0.29) is 0 Å². The molecule has 62 valence electrons. The Kier molecular flexibility index (Phi) is 2.85. The van der Waals surface area contributed by atoms with Crippen LogP contribution in [0.5, 0.6) is 0 Å². The van der Waals surface area contributed by atoms with E-state index in [1.54, 1.807) is 7.11 Å². The third-order valence-electron chi connectivity index (χ3n) is 1.22. The molecule has 0 aliphatic rings. The second kappa shape index (κ2) is 3.92. The quantitative estimate of drug-likeness (QED) is 0.623. The van der Waals surface area contributed by atoms with Crippen molar-refractivity contribution in [2.24, 2.45) is 0 Å². The monoisotopic (exact) mass is 158 g/mol. The van der Waals surface area contributed by atoms with Gasteiger partial charge >= 0.3 is 5.69 Å². The molecule has 1 aromatic heterocycles. The summed E-state index contributed by atoms with van der Waals surface area (Å²) in [6.07, 6.45) is 1.44. The van der Waals surface area contributed by atoms with Crippen molar-refractivity contribution in [2.75, 3.05) is 13.7 Å². The first-order chi connectivity index (χ1) is 5.33. The van der Waals surface area contributed by atoms with Crippen molar-refractivity contribution in [3.8, 4) is 0 Å². The molecule has 0 spiro atoms. The fraction of sp³-hybridized carbons (Fsp3) is 0.667. The molecule has 0 bridgehead atoms. The van der Waals surface area contributed by atoms with E-state index in [0.717, 1.165) is 6.42 Å². The van der Waals surface area contributed by atoms with Gasteiger partial charge in [0.25, 0.3) is 0 Å². The van der Waals surface area contributed by atoms with Crippen molar-refractivity contribution in [3.05, 3.63) is 16.4 Å². The highest BCUT2D eigenvalue weighted by molar-refractivity contribution is 4.73. The standard InChI is InChI=1S/C6H10N2O3/c1-10-4-2-3-5-7-6(9)8-11-5/h2-4H2,1H3,(H,8,9). The summed E-state index contributed by atoms with van der Waals surface area (Å²) < 4.78 is 9.52. The molecule has 0 radical (unpaired) electrons. The van der Waals surface area contributed by atoms with Crippen molar-refractivity contribution < 1.29 is 9.26 Å². The van der Waals surface area contributed by atoms with Crippen LogP contribution in [0.1, 0.15) is 12.3 Å². The number of aromatic nitrogens is 2. The van der Waals surface area contributed by atoms with Gasteiger partial charge in [-0.25, -0.2) is 4.79 Å². The van der Waals surface area contributed by atoms with E-state index in [4.69, 9.17) is 9.26 Å². The predicted octanol–water partition coefficient (Wildman–Crippen LogP) is -0.0581. The van der Waals surface area contributed by atoms with Gasteiger partial charge in [-0.15, -0.1) is 0 Å². The highest BCUT2D eigenvalue weighted by Crippen LogP contribution is 1.93. The van der Waals surface area contributed by atoms with Gasteiger partial charge in [-0.05, 0) is 6.42 Å². The number of ether oxygens (including phenoxy) is 1. The second-order valence-corrected chi connectivity index (χ2v) is 2.11. The van der Waals surface area contributed by atoms with Crippen LogP contribution in [-0.2, 0) is 11.2 Å². The van der Waals surface area contributed by atoms with Gasteiger partial charge in [0.15, 0.2) is 0 Å². The zero-order chi connectivity index (χ0) is 8.10. The van der Waals surface area contributed by atoms with Crippen LogP contribution >= 0.6 is 0 Å². The summed E-state index contributed by atoms with van der Waals surface area (Å²) in [6, 6.07) is 0. The average Bonchev–Trinajstić information content (AvgIpc) is 2.37. The lowest BCUT2D eigenvalue weighted by Crippen LogP contribution is -2.01. The maximum absolute atomic E-state index is 10.4. The van der Waals surface area contributed by atoms with E-state index in [1.165, 1.54) is 0 Å². The van der Waals surface area contributed by atoms with Gasteiger partial charge in [0.1, 0.15) is 0 Å². The first-order valence-electron chi connectivity index (χ1n) is 3.36. The maximum Gasteiger partial charge on any atom is 0.377 e. The van der Waals surface area contributed by atoms with E-state index in [9.17, 15) is 4.79 Å². The molecule has 1 rings (SSSR count). The molecule has 0 aliphatic carbocycles. The van der Waals surface area contributed by atoms with Crippen LogP contribution in [0.2, 0.25) is 0 Å². The van der Waals surface area contributed by atoms with Gasteiger partial charge in [0.05, 0.1) is 0 Å². The number of rotatable bonds is 4. The number of H-pyrrole nitrogens is 1. The van der Waals surface area contributed by atoms with Crippen LogP contribution in [-0.4, -0.2) is 23.9 Å². The minimum absolute atomic E-state index is 0.433. The molecule has 5 nitrogen and oxygen atoms in total. The largest absolute Gasteiger partial charge is 0.385 e. The molecule has 1 aromatic rings. The van der Waals surface area contributed by atoms with Crippen LogP contribution < -0.4 is 5.69 Å². The van der Waals surface area contributed by atoms with Gasteiger partial charge in [-0.3, -0.25) is 0 Å². The van der Waals surface area contributed by atoms with Gasteiger partial charge in [-0.1, -0.05) is 0 Å². The molecule has 0 saturated heterocycles. The smallest absolute Gasteiger partial charge is 0.377 e. The first kappa shape index (κ1) is 8.00. The zero-order valence-corrected chi connectivity index (χ0v) is 6.29. The Labute approximate surface area is 63.4 Å². The number of nitrogens with one attached hydrogen (secondary N) is 1. The van der Waals surface area contributed by atoms with E-state index < -0.39 is 5.69 Å². The lowest BCUT2D eigenvalue weighted by atomic mass is 10.3. The fourth-order valence-corrected chi connectivity index (χ4v) is 0.736. The van der Waals surface area contributed by atoms with Gasteiger partial charge in [-0.2, -0.15) is 10.1 Å². The zero-order valence-electron chi connectivity index (χ0n) is 6.29. The topological polar surface area (TPSA) is 68.1 Å². The van der Waals surface area contributed by atoms with Crippen molar-refractivity contribution >= 4 is 0 Å². The molecule has 0 aliphatic heterocycles. The summed E-state index contributed by atoms with van der Waals surface area (Å²) >= 11 is 0. The second-order valence-electron chi connectivity index (χ2n) is 2.11. The highest BCUT2D eigenvalue weighted by Gasteiger charge is 1.99. The molecule has 0 unspecified atom stereocenters. The number of hydrogen-bond donors (Lipinski definition) is 1. The summed E-state index contributed by atoms with van der Waals surface area (Å²) in [7, 11) is 1.63. The Morgan fingerprint density at radius 3 is 3.09 bits per heavy atom. The van der Waals surface area contributed by atoms with E-state index >= 15 is 0 Å². The molecule has 0 amide bonds. The van der Waals surface area contributed by atoms with Crippen molar-refractivity contribution in [1.29, 1.82) is 0 Å². The molecule has 0 atom stereocenters. The third-order valence-corrected chi connectivity index (χ3v) is 1.22. The van der Waals surface area contributed by atoms with Gasteiger partial charge in [0.2, 0.25) is 5.89 Å². The SMILES string of the molecule is COCCCc1nc(=O)[nH]o1. The molecule has 0 aromatic carbocycles. The lowest BCUT2D eigenvalue weighted by molar-refractivity contribution is 0.192. The molecule has 0 saturated carbocycles. The van der Waals surface area contributed by atoms with Crippen LogP contribution in [0.25, 0.3) is 0 Å². The summed E-state index contributed by atoms with van der Waals surface area (Å²) in [4.78, 5) is 14.0. The summed E-state index contributed by atoms with van der Waals surface area (Å²) in [5.41, 5.74) is -0.433. The minimum Gasteiger partial charge on any atom is -0.385 e. The van der Waals surface area contributed by atoms with E-state index in [2.05, 4.69) is 10.1 Å². The molecule has 0 fully saturated rings. The lowest BCUT2D eigenvalue weighted by Gasteiger charge is -1.92. The van der Waals surface area contributed by atoms with Crippen molar-refractivity contribution in [2.45, 2.75) is 12.8 Å². The minimum atomic E-state index is -0.433. The number of methoxy groups -OCH3 is 1. The number of aromatic amines is 1. The number of aryl methyl sites for hydroxylation is 1. The maximum atomic E-state index is 10.4. The highest BCUT2D eigenvalue weighted by atomic mass is 16.5. The first-order valence-corrected chi connectivity index (χ1v) is 3.36. The Morgan fingerprint density at radius 2 is 2.55 bits per heavy atom. The van der Waals surface area contributed by atoms with Gasteiger partial charge in [0, 0.05) is 20.1 Å². The summed E-state index contributed by atoms with van der Waals surface area (Å²) in [5, 5.41) is 2.11. The number of nitrogens with zero attached hydrogens (tertiary/aromatic N) is 1. The van der Waals surface area contributed by atoms with E-state index in [0.29, 0.717) is 18.9 Å². The van der Waals surface area contributed by atoms with Crippen molar-refractivity contribution in [3.63, 3.8) is 0 Å². The molecular weight excluding hydrogens is 148 g/mol. The molecular formula is C6H10N2O3. The molecule has 11 heavy (non-hydrogen) atoms. The molecule has 5 heteroatoms. The van der Waals surface area contributed by atoms with Crippen LogP contribution in [0.4, 0.5) is 0 Å². The Morgan fingerprint density at radius 1 is 1.73 bits per heavy atom. The third kappa shape index (κ3) is 2.55. The average molecular weight is 158 g/mol. The Balaban J connectivity index is 2.33. The normalized spacial score (nSPS) is 10.3. The molecule has 1 N–H and O–H groups in total. The summed E-state index contributed by atoms with van der Waals surface area (Å²) in [5.74, 6) is 0.437. The van der Waals surface area contributed by atoms with Crippen LogP contribution in [0.3, 0.4) is 0 Å².